The van der Waals surface area contributed by atoms with Gasteiger partial charge in [0, 0.05) is 25.7 Å². The zero-order valence-corrected chi connectivity index (χ0v) is 26.3. The molecule has 0 spiro atoms. The molecule has 0 aromatic rings. The molecule has 6 saturated carbocycles. The molecule has 7 rings (SSSR count). The highest BCUT2D eigenvalue weighted by molar-refractivity contribution is 7.86. The summed E-state index contributed by atoms with van der Waals surface area (Å²) < 4.78 is 85.2. The second-order valence-corrected chi connectivity index (χ2v) is 16.2. The van der Waals surface area contributed by atoms with Crippen molar-refractivity contribution >= 4 is 34.0 Å². The highest BCUT2D eigenvalue weighted by atomic mass is 32.2. The third kappa shape index (κ3) is 5.97. The highest BCUT2D eigenvalue weighted by Gasteiger charge is 2.70. The van der Waals surface area contributed by atoms with Gasteiger partial charge in [0.15, 0.2) is 6.10 Å². The summed E-state index contributed by atoms with van der Waals surface area (Å²) in [5, 5.41) is -4.74. The van der Waals surface area contributed by atoms with E-state index < -0.39 is 93.9 Å². The maximum absolute atomic E-state index is 13.7. The Kier molecular flexibility index (Phi) is 8.03. The van der Waals surface area contributed by atoms with E-state index in [-0.39, 0.29) is 11.3 Å². The second kappa shape index (κ2) is 11.1. The van der Waals surface area contributed by atoms with Gasteiger partial charge in [-0.25, -0.2) is 0 Å². The fraction of sp³-hybridized carbons (Fsp3) is 0.867. The number of alkyl halides is 2. The third-order valence-electron chi connectivity index (χ3n) is 11.0. The Hall–Kier alpha value is -2.39. The summed E-state index contributed by atoms with van der Waals surface area (Å²) in [6.07, 6.45) is 2.09. The molecule has 7 fully saturated rings. The average molecular weight is 663 g/mol. The minimum Gasteiger partial charge on any atom is -0.458 e. The molecule has 7 aliphatic rings. The van der Waals surface area contributed by atoms with Gasteiger partial charge in [0.05, 0.1) is 31.3 Å². The van der Waals surface area contributed by atoms with Crippen LogP contribution in [-0.4, -0.2) is 72.8 Å². The number of rotatable bonds is 12. The highest BCUT2D eigenvalue weighted by Crippen LogP contribution is 2.61. The number of ether oxygens (including phenoxy) is 5. The van der Waals surface area contributed by atoms with Crippen molar-refractivity contribution in [1.29, 1.82) is 0 Å². The molecule has 0 aromatic heterocycles. The fourth-order valence-electron chi connectivity index (χ4n) is 9.55. The lowest BCUT2D eigenvalue weighted by atomic mass is 9.50. The molecule has 15 heteroatoms. The van der Waals surface area contributed by atoms with Gasteiger partial charge in [-0.3, -0.25) is 23.7 Å². The van der Waals surface area contributed by atoms with Crippen molar-refractivity contribution in [2.45, 2.75) is 108 Å². The maximum Gasteiger partial charge on any atom is 0.405 e. The minimum absolute atomic E-state index is 0.106. The lowest BCUT2D eigenvalue weighted by Crippen LogP contribution is -2.50. The van der Waals surface area contributed by atoms with Gasteiger partial charge >= 0.3 is 39.2 Å². The zero-order chi connectivity index (χ0) is 32.7. The fourth-order valence-corrected chi connectivity index (χ4v) is 10.0. The van der Waals surface area contributed by atoms with E-state index in [0.29, 0.717) is 20.0 Å². The predicted molar refractivity (Wildman–Crippen MR) is 146 cm³/mol. The number of esters is 4. The second-order valence-electron chi connectivity index (χ2n) is 14.7. The van der Waals surface area contributed by atoms with Crippen molar-refractivity contribution in [1.82, 2.24) is 0 Å². The molecule has 252 valence electrons. The zero-order valence-electron chi connectivity index (χ0n) is 25.4. The summed E-state index contributed by atoms with van der Waals surface area (Å²) in [4.78, 5) is 51.0. The molecule has 1 saturated heterocycles. The molecule has 6 aliphatic carbocycles. The number of halogens is 2. The van der Waals surface area contributed by atoms with Crippen LogP contribution in [0.15, 0.2) is 0 Å². The predicted octanol–water partition coefficient (Wildman–Crippen LogP) is 3.41. The maximum atomic E-state index is 13.7. The average Bonchev–Trinajstić information content (AvgIpc) is 3.53. The summed E-state index contributed by atoms with van der Waals surface area (Å²) in [7, 11) is -5.83. The summed E-state index contributed by atoms with van der Waals surface area (Å²) in [6.45, 7) is 4.43. The van der Waals surface area contributed by atoms with Crippen LogP contribution >= 0.6 is 0 Å². The van der Waals surface area contributed by atoms with Crippen LogP contribution in [0.1, 0.15) is 78.6 Å². The van der Waals surface area contributed by atoms with Gasteiger partial charge in [0.25, 0.3) is 0 Å². The third-order valence-corrected chi connectivity index (χ3v) is 12.0. The molecule has 45 heavy (non-hydrogen) atoms. The Morgan fingerprint density at radius 2 is 1.58 bits per heavy atom. The molecule has 12 nitrogen and oxygen atoms in total. The summed E-state index contributed by atoms with van der Waals surface area (Å²) in [5.41, 5.74) is 0.106. The van der Waals surface area contributed by atoms with Crippen LogP contribution in [0, 0.1) is 46.8 Å². The Balaban J connectivity index is 1.03. The summed E-state index contributed by atoms with van der Waals surface area (Å²) in [6, 6.07) is 0. The van der Waals surface area contributed by atoms with Crippen LogP contribution < -0.4 is 0 Å². The van der Waals surface area contributed by atoms with Crippen LogP contribution in [0.5, 0.6) is 0 Å². The van der Waals surface area contributed by atoms with Gasteiger partial charge in [0.1, 0.15) is 12.2 Å². The lowest BCUT2D eigenvalue weighted by Gasteiger charge is -2.57. The molecular formula is C30H40F2O12S. The van der Waals surface area contributed by atoms with E-state index in [2.05, 4.69) is 4.74 Å². The Labute approximate surface area is 259 Å². The van der Waals surface area contributed by atoms with Crippen molar-refractivity contribution in [3.8, 4) is 0 Å². The van der Waals surface area contributed by atoms with Crippen molar-refractivity contribution in [2.75, 3.05) is 6.61 Å². The minimum atomic E-state index is -5.83. The number of fused-ring (bicyclic) bond motifs is 1. The molecule has 0 amide bonds. The number of hydrogen-bond donors (Lipinski definition) is 1. The Morgan fingerprint density at radius 1 is 1.00 bits per heavy atom. The van der Waals surface area contributed by atoms with Gasteiger partial charge in [-0.1, -0.05) is 0 Å². The van der Waals surface area contributed by atoms with Crippen molar-refractivity contribution in [2.24, 2.45) is 46.8 Å². The van der Waals surface area contributed by atoms with Crippen molar-refractivity contribution < 1.29 is 64.6 Å². The standard InChI is InChI=1S/C30H40F2O12S/c1-14(30(31,32)45(37,38)39)41-20(33)4-5-21(34)42-24-19-9-18-22(26(35)43-25(18)24)23(19)27(36)44-28(2,3)40-13-29-10-15-6-16(11-29)8-17(7-15)12-29/h14-19,22-25H,4-13H2,1-3H3,(H,37,38,39). The number of hydrogen-bond acceptors (Lipinski definition) is 11. The molecule has 0 aromatic carbocycles. The van der Waals surface area contributed by atoms with Crippen molar-refractivity contribution in [3.05, 3.63) is 0 Å². The summed E-state index contributed by atoms with van der Waals surface area (Å²) in [5.74, 6) is -5.08. The SMILES string of the molecule is CC(OC(=O)CCC(=O)OC1C2CC3C1OC(=O)C3C2C(=O)OC(C)(C)OCC12CC3CC(CC(C3)C1)C2)C(F)(F)S(=O)(=O)O. The van der Waals surface area contributed by atoms with Crippen LogP contribution in [0.3, 0.4) is 0 Å². The monoisotopic (exact) mass is 662 g/mol. The van der Waals surface area contributed by atoms with Gasteiger partial charge < -0.3 is 23.7 Å². The Morgan fingerprint density at radius 3 is 2.16 bits per heavy atom. The molecule has 7 atom stereocenters. The topological polar surface area (TPSA) is 169 Å². The van der Waals surface area contributed by atoms with Crippen LogP contribution in [0.4, 0.5) is 8.78 Å². The Bertz CT molecular complexity index is 1330. The van der Waals surface area contributed by atoms with Gasteiger partial charge in [0.2, 0.25) is 5.79 Å². The van der Waals surface area contributed by atoms with Gasteiger partial charge in [-0.05, 0) is 75.0 Å². The number of carbonyl (C=O) groups is 4. The van der Waals surface area contributed by atoms with Gasteiger partial charge in [-0.15, -0.1) is 0 Å². The molecule has 0 radical (unpaired) electrons. The van der Waals surface area contributed by atoms with Gasteiger partial charge in [-0.2, -0.15) is 17.2 Å². The van der Waals surface area contributed by atoms with Crippen LogP contribution in [0.25, 0.3) is 0 Å². The first kappa shape index (κ1) is 32.5. The molecule has 1 aliphatic heterocycles. The first-order valence-corrected chi connectivity index (χ1v) is 17.1. The van der Waals surface area contributed by atoms with E-state index in [0.717, 1.165) is 37.0 Å². The van der Waals surface area contributed by atoms with E-state index >= 15 is 0 Å². The largest absolute Gasteiger partial charge is 0.458 e. The quantitative estimate of drug-likeness (QED) is 0.140. The summed E-state index contributed by atoms with van der Waals surface area (Å²) >= 11 is 0. The first-order chi connectivity index (χ1) is 20.9. The normalized spacial score (nSPS) is 38.6. The molecular weight excluding hydrogens is 622 g/mol. The molecule has 7 unspecified atom stereocenters. The molecule has 1 heterocycles. The first-order valence-electron chi connectivity index (χ1n) is 15.7. The smallest absolute Gasteiger partial charge is 0.405 e. The van der Waals surface area contributed by atoms with Crippen molar-refractivity contribution in [3.63, 3.8) is 0 Å². The number of carbonyl (C=O) groups excluding carboxylic acids is 4. The molecule has 1 N–H and O–H groups in total. The van der Waals surface area contributed by atoms with Crippen LogP contribution in [-0.2, 0) is 53.0 Å². The lowest BCUT2D eigenvalue weighted by molar-refractivity contribution is -0.241. The molecule has 6 bridgehead atoms. The van der Waals surface area contributed by atoms with E-state index in [1.165, 1.54) is 19.3 Å². The van der Waals surface area contributed by atoms with E-state index in [1.54, 1.807) is 13.8 Å². The van der Waals surface area contributed by atoms with E-state index in [9.17, 15) is 36.4 Å². The van der Waals surface area contributed by atoms with E-state index in [4.69, 9.17) is 23.5 Å². The van der Waals surface area contributed by atoms with E-state index in [1.807, 2.05) is 0 Å². The van der Waals surface area contributed by atoms with Crippen LogP contribution in [0.2, 0.25) is 0 Å².